The Morgan fingerprint density at radius 2 is 1.89 bits per heavy atom. The summed E-state index contributed by atoms with van der Waals surface area (Å²) in [6, 6.07) is 14.8. The second kappa shape index (κ2) is 9.00. The van der Waals surface area contributed by atoms with Gasteiger partial charge in [-0.1, -0.05) is 36.1 Å². The summed E-state index contributed by atoms with van der Waals surface area (Å²) in [7, 11) is 2.00. The summed E-state index contributed by atoms with van der Waals surface area (Å²) < 4.78 is 0. The first-order valence-corrected chi connectivity index (χ1v) is 9.24. The van der Waals surface area contributed by atoms with E-state index in [-0.39, 0.29) is 6.04 Å². The van der Waals surface area contributed by atoms with Gasteiger partial charge in [-0.3, -0.25) is 15.3 Å². The molecular formula is C22H25N3O3. The summed E-state index contributed by atoms with van der Waals surface area (Å²) in [5.41, 5.74) is 5.71. The monoisotopic (exact) mass is 379 g/mol. The smallest absolute Gasteiger partial charge is 0.263 e. The lowest BCUT2D eigenvalue weighted by Gasteiger charge is -2.35. The third kappa shape index (κ3) is 4.77. The van der Waals surface area contributed by atoms with Crippen LogP contribution in [-0.4, -0.2) is 46.9 Å². The number of nitrogens with one attached hydrogen (secondary N) is 2. The van der Waals surface area contributed by atoms with Crippen LogP contribution >= 0.6 is 0 Å². The number of fused-ring (bicyclic) bond motifs is 1. The summed E-state index contributed by atoms with van der Waals surface area (Å²) in [6.07, 6.45) is -0.946. The van der Waals surface area contributed by atoms with E-state index >= 15 is 0 Å². The normalized spacial score (nSPS) is 18.4. The number of aliphatic hydroxyl groups excluding tert-OH is 1. The molecule has 2 aromatic carbocycles. The molecule has 4 N–H and O–H groups in total. The number of hydrogen-bond acceptors (Lipinski definition) is 5. The van der Waals surface area contributed by atoms with E-state index in [1.165, 1.54) is 6.92 Å². The molecular weight excluding hydrogens is 354 g/mol. The first-order chi connectivity index (χ1) is 13.5. The highest BCUT2D eigenvalue weighted by Crippen LogP contribution is 2.27. The van der Waals surface area contributed by atoms with Gasteiger partial charge in [0, 0.05) is 30.3 Å². The van der Waals surface area contributed by atoms with E-state index in [2.05, 4.69) is 28.1 Å². The van der Waals surface area contributed by atoms with Crippen LogP contribution < -0.4 is 10.8 Å². The second-order valence-electron chi connectivity index (χ2n) is 7.14. The van der Waals surface area contributed by atoms with Crippen LogP contribution in [0.2, 0.25) is 0 Å². The number of likely N-dealkylation sites (N-methyl/N-ethyl adjacent to an activating group) is 1. The van der Waals surface area contributed by atoms with E-state index in [0.29, 0.717) is 6.54 Å². The fourth-order valence-corrected chi connectivity index (χ4v) is 3.45. The van der Waals surface area contributed by atoms with Crippen molar-refractivity contribution in [2.45, 2.75) is 31.7 Å². The van der Waals surface area contributed by atoms with Crippen LogP contribution in [-0.2, 0) is 11.3 Å². The van der Waals surface area contributed by atoms with Crippen LogP contribution in [0.4, 0.5) is 0 Å². The highest BCUT2D eigenvalue weighted by Gasteiger charge is 2.30. The molecule has 1 heterocycles. The van der Waals surface area contributed by atoms with Gasteiger partial charge in [0.15, 0.2) is 0 Å². The highest BCUT2D eigenvalue weighted by atomic mass is 16.5. The molecule has 1 unspecified atom stereocenters. The summed E-state index contributed by atoms with van der Waals surface area (Å²) in [4.78, 5) is 14.0. The summed E-state index contributed by atoms with van der Waals surface area (Å²) in [5.74, 6) is 5.71. The number of benzene rings is 2. The number of aliphatic hydroxyl groups is 1. The lowest BCUT2D eigenvalue weighted by atomic mass is 9.92. The van der Waals surface area contributed by atoms with Crippen molar-refractivity contribution in [3.8, 4) is 11.8 Å². The Labute approximate surface area is 165 Å². The molecule has 2 aromatic rings. The van der Waals surface area contributed by atoms with Crippen LogP contribution in [0.15, 0.2) is 48.5 Å². The van der Waals surface area contributed by atoms with Gasteiger partial charge in [-0.25, -0.2) is 5.48 Å². The fourth-order valence-electron chi connectivity index (χ4n) is 3.45. The number of carbonyl (C=O) groups excluding carboxylic acids is 1. The zero-order valence-corrected chi connectivity index (χ0v) is 16.0. The van der Waals surface area contributed by atoms with E-state index < -0.39 is 18.1 Å². The van der Waals surface area contributed by atoms with Crippen molar-refractivity contribution in [3.63, 3.8) is 0 Å². The van der Waals surface area contributed by atoms with Crippen LogP contribution in [0.25, 0.3) is 0 Å². The number of nitrogens with zero attached hydrogens (tertiary/aromatic N) is 1. The molecule has 1 amide bonds. The zero-order valence-electron chi connectivity index (χ0n) is 16.0. The SMILES string of the molecule is C[C@@H](O)[C@H](NC1CN(C)Cc2cc(C#Cc3ccccc3)ccc21)C(=O)NO. The number of amides is 1. The van der Waals surface area contributed by atoms with Crippen molar-refractivity contribution in [1.29, 1.82) is 0 Å². The lowest BCUT2D eigenvalue weighted by Crippen LogP contribution is -2.53. The van der Waals surface area contributed by atoms with E-state index in [1.54, 1.807) is 5.48 Å². The molecule has 146 valence electrons. The Morgan fingerprint density at radius 1 is 1.18 bits per heavy atom. The second-order valence-corrected chi connectivity index (χ2v) is 7.14. The van der Waals surface area contributed by atoms with Crippen molar-refractivity contribution in [3.05, 3.63) is 70.8 Å². The molecule has 3 atom stereocenters. The molecule has 1 aliphatic heterocycles. The molecule has 1 aliphatic rings. The average molecular weight is 379 g/mol. The average Bonchev–Trinajstić information content (AvgIpc) is 2.69. The molecule has 0 fully saturated rings. The number of rotatable bonds is 4. The number of carbonyl (C=O) groups is 1. The van der Waals surface area contributed by atoms with Crippen LogP contribution in [0.1, 0.15) is 35.2 Å². The molecule has 0 saturated carbocycles. The molecule has 0 saturated heterocycles. The number of hydroxylamine groups is 1. The van der Waals surface area contributed by atoms with Gasteiger partial charge in [-0.05, 0) is 49.4 Å². The molecule has 0 aromatic heterocycles. The fraction of sp³-hybridized carbons (Fsp3) is 0.318. The predicted octanol–water partition coefficient (Wildman–Crippen LogP) is 1.42. The Balaban J connectivity index is 1.85. The maximum absolute atomic E-state index is 11.9. The van der Waals surface area contributed by atoms with Crippen molar-refractivity contribution in [1.82, 2.24) is 15.7 Å². The first-order valence-electron chi connectivity index (χ1n) is 9.24. The van der Waals surface area contributed by atoms with E-state index in [1.807, 2.05) is 49.5 Å². The van der Waals surface area contributed by atoms with Gasteiger partial charge in [-0.2, -0.15) is 0 Å². The van der Waals surface area contributed by atoms with Crippen LogP contribution in [0.5, 0.6) is 0 Å². The first kappa shape index (κ1) is 20.1. The molecule has 0 spiro atoms. The summed E-state index contributed by atoms with van der Waals surface area (Å²) in [6.45, 7) is 2.98. The van der Waals surface area contributed by atoms with E-state index in [9.17, 15) is 9.90 Å². The minimum atomic E-state index is -0.946. The number of hydrogen-bond donors (Lipinski definition) is 4. The quantitative estimate of drug-likeness (QED) is 0.367. The van der Waals surface area contributed by atoms with Gasteiger partial charge < -0.3 is 10.0 Å². The maximum Gasteiger partial charge on any atom is 0.263 e. The topological polar surface area (TPSA) is 84.8 Å². The Morgan fingerprint density at radius 3 is 2.57 bits per heavy atom. The molecule has 0 aliphatic carbocycles. The molecule has 6 nitrogen and oxygen atoms in total. The Bertz CT molecular complexity index is 887. The van der Waals surface area contributed by atoms with Gasteiger partial charge >= 0.3 is 0 Å². The Kier molecular flexibility index (Phi) is 6.45. The van der Waals surface area contributed by atoms with E-state index in [4.69, 9.17) is 5.21 Å². The summed E-state index contributed by atoms with van der Waals surface area (Å²) in [5, 5.41) is 22.0. The van der Waals surface area contributed by atoms with Crippen molar-refractivity contribution in [2.24, 2.45) is 0 Å². The largest absolute Gasteiger partial charge is 0.391 e. The van der Waals surface area contributed by atoms with Crippen LogP contribution in [0.3, 0.4) is 0 Å². The standard InChI is InChI=1S/C22H25N3O3/c1-15(26)21(22(27)24-28)23-20-14-25(2)13-18-12-17(10-11-19(18)20)9-8-16-6-4-3-5-7-16/h3-7,10-12,15,20-21,23,26,28H,13-14H2,1-2H3,(H,24,27)/t15-,20?,21+/m1/s1. The summed E-state index contributed by atoms with van der Waals surface area (Å²) >= 11 is 0. The van der Waals surface area contributed by atoms with Crippen molar-refractivity contribution in [2.75, 3.05) is 13.6 Å². The lowest BCUT2D eigenvalue weighted by molar-refractivity contribution is -0.134. The third-order valence-corrected chi connectivity index (χ3v) is 4.83. The molecule has 6 heteroatoms. The minimum absolute atomic E-state index is 0.151. The Hall–Kier alpha value is -2.69. The van der Waals surface area contributed by atoms with Crippen LogP contribution in [0, 0.1) is 11.8 Å². The highest BCUT2D eigenvalue weighted by molar-refractivity contribution is 5.81. The van der Waals surface area contributed by atoms with E-state index in [0.717, 1.165) is 28.8 Å². The van der Waals surface area contributed by atoms with Gasteiger partial charge in [0.05, 0.1) is 6.10 Å². The molecule has 0 bridgehead atoms. The van der Waals surface area contributed by atoms with Gasteiger partial charge in [-0.15, -0.1) is 0 Å². The third-order valence-electron chi connectivity index (χ3n) is 4.83. The predicted molar refractivity (Wildman–Crippen MR) is 106 cm³/mol. The van der Waals surface area contributed by atoms with Gasteiger partial charge in [0.1, 0.15) is 6.04 Å². The maximum atomic E-state index is 11.9. The zero-order chi connectivity index (χ0) is 20.1. The van der Waals surface area contributed by atoms with Gasteiger partial charge in [0.25, 0.3) is 5.91 Å². The van der Waals surface area contributed by atoms with Gasteiger partial charge in [0.2, 0.25) is 0 Å². The van der Waals surface area contributed by atoms with Crippen molar-refractivity contribution < 1.29 is 15.1 Å². The van der Waals surface area contributed by atoms with Crippen molar-refractivity contribution >= 4 is 5.91 Å². The minimum Gasteiger partial charge on any atom is -0.391 e. The molecule has 0 radical (unpaired) electrons. The molecule has 28 heavy (non-hydrogen) atoms. The molecule has 3 rings (SSSR count).